The van der Waals surface area contributed by atoms with Crippen molar-refractivity contribution < 1.29 is 19.0 Å². The van der Waals surface area contributed by atoms with Gasteiger partial charge >= 0.3 is 19.4 Å². The number of ether oxygens (including phenoxy) is 1. The Hall–Kier alpha value is -1.26. The van der Waals surface area contributed by atoms with Gasteiger partial charge in [0, 0.05) is 12.2 Å². The molecule has 119 valence electrons. The Morgan fingerprint density at radius 3 is 1.81 bits per heavy atom. The largest absolute Gasteiger partial charge is 0.535 e. The van der Waals surface area contributed by atoms with E-state index in [1.54, 1.807) is 7.48 Å². The van der Waals surface area contributed by atoms with Crippen molar-refractivity contribution in [1.29, 1.82) is 0 Å². The van der Waals surface area contributed by atoms with Crippen LogP contribution in [0, 0.1) is 0 Å². The molecule has 0 atom stereocenters. The van der Waals surface area contributed by atoms with E-state index in [9.17, 15) is 9.59 Å². The van der Waals surface area contributed by atoms with Crippen LogP contribution in [0.4, 0.5) is 0 Å². The van der Waals surface area contributed by atoms with Gasteiger partial charge in [-0.05, 0) is 25.1 Å². The van der Waals surface area contributed by atoms with Gasteiger partial charge in [-0.25, -0.2) is 9.59 Å². The highest BCUT2D eigenvalue weighted by Gasteiger charge is 2.25. The normalized spacial score (nSPS) is 12.3. The van der Waals surface area contributed by atoms with Crippen molar-refractivity contribution in [2.45, 2.75) is 78.1 Å². The SMILES string of the molecule is CCC(C)([B]OC(=O)/C=C/C(=O)OC(C)(CC)CC)CC. The molecule has 0 heterocycles. The Morgan fingerprint density at radius 1 is 0.905 bits per heavy atom. The summed E-state index contributed by atoms with van der Waals surface area (Å²) in [6.07, 6.45) is 5.45. The second-order valence-corrected chi connectivity index (χ2v) is 5.83. The summed E-state index contributed by atoms with van der Waals surface area (Å²) in [6, 6.07) is 0. The smallest absolute Gasteiger partial charge is 0.380 e. The van der Waals surface area contributed by atoms with E-state index in [1.165, 1.54) is 0 Å². The summed E-state index contributed by atoms with van der Waals surface area (Å²) in [4.78, 5) is 23.3. The van der Waals surface area contributed by atoms with Gasteiger partial charge in [0.2, 0.25) is 0 Å². The van der Waals surface area contributed by atoms with E-state index in [0.29, 0.717) is 0 Å². The number of hydrogen-bond donors (Lipinski definition) is 0. The van der Waals surface area contributed by atoms with E-state index >= 15 is 0 Å². The molecule has 0 aromatic carbocycles. The van der Waals surface area contributed by atoms with Crippen LogP contribution in [0.3, 0.4) is 0 Å². The summed E-state index contributed by atoms with van der Waals surface area (Å²) in [5.74, 6) is -1.08. The van der Waals surface area contributed by atoms with Crippen LogP contribution in [-0.2, 0) is 19.0 Å². The summed E-state index contributed by atoms with van der Waals surface area (Å²) in [5.41, 5.74) is -0.486. The molecule has 5 heteroatoms. The van der Waals surface area contributed by atoms with E-state index in [1.807, 2.05) is 41.5 Å². The molecule has 0 saturated heterocycles. The first-order chi connectivity index (χ1) is 9.74. The molecule has 0 fully saturated rings. The molecule has 0 N–H and O–H groups in total. The molecule has 0 aromatic heterocycles. The molecule has 0 spiro atoms. The molecule has 0 unspecified atom stereocenters. The van der Waals surface area contributed by atoms with Crippen LogP contribution < -0.4 is 0 Å². The first-order valence-electron chi connectivity index (χ1n) is 7.70. The summed E-state index contributed by atoms with van der Waals surface area (Å²) in [5, 5.41) is -0.132. The number of hydrogen-bond acceptors (Lipinski definition) is 4. The minimum Gasteiger partial charge on any atom is -0.535 e. The van der Waals surface area contributed by atoms with Crippen molar-refractivity contribution in [1.82, 2.24) is 0 Å². The lowest BCUT2D eigenvalue weighted by atomic mass is 9.61. The molecule has 0 aromatic rings. The minimum atomic E-state index is -0.560. The van der Waals surface area contributed by atoms with Gasteiger partial charge in [0.1, 0.15) is 5.60 Å². The van der Waals surface area contributed by atoms with Gasteiger partial charge in [0.15, 0.2) is 0 Å². The van der Waals surface area contributed by atoms with Crippen LogP contribution in [0.25, 0.3) is 0 Å². The van der Waals surface area contributed by atoms with Crippen LogP contribution >= 0.6 is 0 Å². The van der Waals surface area contributed by atoms with E-state index in [2.05, 4.69) is 0 Å². The standard InChI is InChI=1S/C16H28BO4/c1-7-15(5,8-2)17-21-14(19)12-11-13(18)20-16(6,9-3)10-4/h11-12H,7-10H2,1-6H3/b12-11+. The third-order valence-corrected chi connectivity index (χ3v) is 4.27. The van der Waals surface area contributed by atoms with Crippen molar-refractivity contribution in [2.75, 3.05) is 0 Å². The van der Waals surface area contributed by atoms with E-state index in [-0.39, 0.29) is 5.31 Å². The first-order valence-corrected chi connectivity index (χ1v) is 7.70. The van der Waals surface area contributed by atoms with Crippen LogP contribution in [-0.4, -0.2) is 25.0 Å². The highest BCUT2D eigenvalue weighted by atomic mass is 16.6. The zero-order valence-corrected chi connectivity index (χ0v) is 14.2. The molecule has 0 saturated carbocycles. The van der Waals surface area contributed by atoms with E-state index in [4.69, 9.17) is 9.39 Å². The summed E-state index contributed by atoms with van der Waals surface area (Å²) in [7, 11) is 1.55. The zero-order chi connectivity index (χ0) is 16.5. The van der Waals surface area contributed by atoms with Crippen molar-refractivity contribution in [3.8, 4) is 0 Å². The molecule has 0 aliphatic rings. The van der Waals surface area contributed by atoms with Crippen molar-refractivity contribution >= 4 is 19.4 Å². The fraction of sp³-hybridized carbons (Fsp3) is 0.750. The van der Waals surface area contributed by atoms with Crippen molar-refractivity contribution in [3.63, 3.8) is 0 Å². The lowest BCUT2D eigenvalue weighted by Gasteiger charge is -2.26. The lowest BCUT2D eigenvalue weighted by molar-refractivity contribution is -0.152. The highest BCUT2D eigenvalue weighted by Crippen LogP contribution is 2.32. The molecular formula is C16H28BO4. The summed E-state index contributed by atoms with van der Waals surface area (Å²) in [6.45, 7) is 11.9. The quantitative estimate of drug-likeness (QED) is 0.368. The van der Waals surface area contributed by atoms with Crippen molar-refractivity contribution in [2.24, 2.45) is 0 Å². The maximum absolute atomic E-state index is 11.7. The summed E-state index contributed by atoms with van der Waals surface area (Å²) >= 11 is 0. The van der Waals surface area contributed by atoms with Crippen LogP contribution in [0.1, 0.15) is 67.2 Å². The zero-order valence-electron chi connectivity index (χ0n) is 14.2. The van der Waals surface area contributed by atoms with E-state index in [0.717, 1.165) is 37.8 Å². The Labute approximate surface area is 129 Å². The van der Waals surface area contributed by atoms with Gasteiger partial charge in [0.05, 0.1) is 0 Å². The third-order valence-electron chi connectivity index (χ3n) is 4.27. The lowest BCUT2D eigenvalue weighted by Crippen LogP contribution is -2.29. The molecule has 0 rings (SSSR count). The molecule has 21 heavy (non-hydrogen) atoms. The minimum absolute atomic E-state index is 0.132. The van der Waals surface area contributed by atoms with Crippen LogP contribution in [0.2, 0.25) is 5.31 Å². The maximum Gasteiger partial charge on any atom is 0.380 e. The molecular weight excluding hydrogens is 267 g/mol. The molecule has 4 nitrogen and oxygen atoms in total. The fourth-order valence-electron chi connectivity index (χ4n) is 1.46. The number of esters is 1. The van der Waals surface area contributed by atoms with Crippen LogP contribution in [0.5, 0.6) is 0 Å². The average molecular weight is 295 g/mol. The van der Waals surface area contributed by atoms with E-state index < -0.39 is 17.5 Å². The Bertz CT molecular complexity index is 368. The second kappa shape index (κ2) is 8.91. The van der Waals surface area contributed by atoms with Crippen molar-refractivity contribution in [3.05, 3.63) is 12.2 Å². The number of rotatable bonds is 9. The number of carbonyl (C=O) groups is 2. The topological polar surface area (TPSA) is 52.6 Å². The van der Waals surface area contributed by atoms with Gasteiger partial charge in [-0.3, -0.25) is 0 Å². The fourth-order valence-corrected chi connectivity index (χ4v) is 1.46. The number of carbonyl (C=O) groups excluding carboxylic acids is 2. The summed E-state index contributed by atoms with van der Waals surface area (Å²) < 4.78 is 10.4. The maximum atomic E-state index is 11.7. The Balaban J connectivity index is 4.36. The average Bonchev–Trinajstić information content (AvgIpc) is 2.50. The molecule has 1 radical (unpaired) electrons. The van der Waals surface area contributed by atoms with Gasteiger partial charge in [-0.1, -0.05) is 47.5 Å². The monoisotopic (exact) mass is 295 g/mol. The third kappa shape index (κ3) is 7.35. The Morgan fingerprint density at radius 2 is 1.38 bits per heavy atom. The van der Waals surface area contributed by atoms with Crippen LogP contribution in [0.15, 0.2) is 12.2 Å². The highest BCUT2D eigenvalue weighted by molar-refractivity contribution is 6.35. The molecule has 0 aliphatic heterocycles. The molecule has 0 amide bonds. The van der Waals surface area contributed by atoms with Gasteiger partial charge in [-0.15, -0.1) is 0 Å². The van der Waals surface area contributed by atoms with Gasteiger partial charge < -0.3 is 9.39 Å². The second-order valence-electron chi connectivity index (χ2n) is 5.83. The predicted molar refractivity (Wildman–Crippen MR) is 85.0 cm³/mol. The first kappa shape index (κ1) is 19.7. The molecule has 0 aliphatic carbocycles. The molecule has 0 bridgehead atoms. The Kier molecular flexibility index (Phi) is 8.37. The van der Waals surface area contributed by atoms with Gasteiger partial charge in [-0.2, -0.15) is 0 Å². The van der Waals surface area contributed by atoms with Gasteiger partial charge in [0.25, 0.3) is 0 Å². The predicted octanol–water partition coefficient (Wildman–Crippen LogP) is 3.83.